The van der Waals surface area contributed by atoms with Crippen molar-refractivity contribution in [2.75, 3.05) is 12.0 Å². The Morgan fingerprint density at radius 1 is 1.60 bits per heavy atom. The highest BCUT2D eigenvalue weighted by atomic mass is 32.2. The number of hydrogen-bond donors (Lipinski definition) is 2. The van der Waals surface area contributed by atoms with Gasteiger partial charge in [-0.05, 0) is 12.8 Å². The molecule has 0 spiro atoms. The smallest absolute Gasteiger partial charge is 0.147 e. The third-order valence-electron chi connectivity index (χ3n) is 2.18. The number of nitrogens with zero attached hydrogens (tertiary/aromatic N) is 1. The number of rotatable bonds is 5. The average molecular weight is 231 g/mol. The molecule has 0 aliphatic carbocycles. The van der Waals surface area contributed by atoms with Crippen LogP contribution in [0.4, 0.5) is 0 Å². The van der Waals surface area contributed by atoms with Crippen molar-refractivity contribution >= 4 is 9.84 Å². The van der Waals surface area contributed by atoms with E-state index in [0.29, 0.717) is 12.2 Å². The molecule has 3 N–H and O–H groups in total. The van der Waals surface area contributed by atoms with E-state index < -0.39 is 9.84 Å². The minimum atomic E-state index is -2.95. The predicted molar refractivity (Wildman–Crippen MR) is 59.2 cm³/mol. The summed E-state index contributed by atoms with van der Waals surface area (Å²) in [6.45, 7) is 2.01. The van der Waals surface area contributed by atoms with Gasteiger partial charge in [-0.25, -0.2) is 13.4 Å². The summed E-state index contributed by atoms with van der Waals surface area (Å²) in [6, 6.07) is -0.333. The number of aromatic nitrogens is 2. The molecule has 0 aliphatic rings. The maximum atomic E-state index is 10.9. The second kappa shape index (κ2) is 4.76. The molecule has 1 heterocycles. The molecular weight excluding hydrogens is 214 g/mol. The van der Waals surface area contributed by atoms with Crippen molar-refractivity contribution in [1.82, 2.24) is 9.97 Å². The van der Waals surface area contributed by atoms with Crippen LogP contribution < -0.4 is 5.73 Å². The third kappa shape index (κ3) is 4.01. The van der Waals surface area contributed by atoms with Crippen LogP contribution in [0, 0.1) is 0 Å². The van der Waals surface area contributed by atoms with E-state index in [4.69, 9.17) is 5.73 Å². The van der Waals surface area contributed by atoms with E-state index >= 15 is 0 Å². The van der Waals surface area contributed by atoms with Gasteiger partial charge >= 0.3 is 0 Å². The van der Waals surface area contributed by atoms with E-state index in [-0.39, 0.29) is 11.8 Å². The standard InChI is InChI=1S/C9H17N3O2S/c1-3-7-6-11-9(12-7)8(10)4-5-15(2,13)14/h6,8H,3-5,10H2,1-2H3,(H,11,12). The Kier molecular flexibility index (Phi) is 3.87. The first-order valence-corrected chi connectivity index (χ1v) is 6.95. The van der Waals surface area contributed by atoms with Gasteiger partial charge in [0.05, 0.1) is 11.8 Å². The van der Waals surface area contributed by atoms with Crippen molar-refractivity contribution in [2.24, 2.45) is 5.73 Å². The van der Waals surface area contributed by atoms with E-state index in [1.807, 2.05) is 6.92 Å². The molecule has 6 heteroatoms. The van der Waals surface area contributed by atoms with Crippen LogP contribution in [0.1, 0.15) is 30.9 Å². The van der Waals surface area contributed by atoms with Crippen LogP contribution >= 0.6 is 0 Å². The first-order chi connectivity index (χ1) is 6.92. The Balaban J connectivity index is 2.57. The van der Waals surface area contributed by atoms with Gasteiger partial charge in [-0.3, -0.25) is 0 Å². The van der Waals surface area contributed by atoms with Crippen molar-refractivity contribution in [3.05, 3.63) is 17.7 Å². The molecule has 1 unspecified atom stereocenters. The summed E-state index contributed by atoms with van der Waals surface area (Å²) in [6.07, 6.45) is 4.20. The average Bonchev–Trinajstić information content (AvgIpc) is 2.61. The van der Waals surface area contributed by atoms with Crippen LogP contribution in [-0.4, -0.2) is 30.4 Å². The summed E-state index contributed by atoms with van der Waals surface area (Å²) in [5.41, 5.74) is 6.83. The summed E-state index contributed by atoms with van der Waals surface area (Å²) in [5.74, 6) is 0.756. The molecule has 0 aliphatic heterocycles. The van der Waals surface area contributed by atoms with Gasteiger partial charge in [0, 0.05) is 18.1 Å². The molecule has 1 aromatic rings. The summed E-state index contributed by atoms with van der Waals surface area (Å²) in [5, 5.41) is 0. The highest BCUT2D eigenvalue weighted by Gasteiger charge is 2.12. The second-order valence-corrected chi connectivity index (χ2v) is 5.93. The minimum Gasteiger partial charge on any atom is -0.345 e. The normalized spacial score (nSPS) is 14.1. The summed E-state index contributed by atoms with van der Waals surface area (Å²) in [7, 11) is -2.95. The number of aryl methyl sites for hydroxylation is 1. The van der Waals surface area contributed by atoms with E-state index in [2.05, 4.69) is 9.97 Å². The Hall–Kier alpha value is -0.880. The van der Waals surface area contributed by atoms with Crippen LogP contribution in [0.5, 0.6) is 0 Å². The van der Waals surface area contributed by atoms with Crippen molar-refractivity contribution in [3.63, 3.8) is 0 Å². The first kappa shape index (κ1) is 12.2. The van der Waals surface area contributed by atoms with E-state index in [0.717, 1.165) is 12.1 Å². The lowest BCUT2D eigenvalue weighted by Crippen LogP contribution is -2.16. The zero-order valence-electron chi connectivity index (χ0n) is 9.03. The van der Waals surface area contributed by atoms with Gasteiger partial charge in [0.25, 0.3) is 0 Å². The summed E-state index contributed by atoms with van der Waals surface area (Å²) in [4.78, 5) is 7.18. The van der Waals surface area contributed by atoms with Crippen molar-refractivity contribution in [3.8, 4) is 0 Å². The molecule has 5 nitrogen and oxygen atoms in total. The number of nitrogens with one attached hydrogen (secondary N) is 1. The molecule has 86 valence electrons. The maximum Gasteiger partial charge on any atom is 0.147 e. The first-order valence-electron chi connectivity index (χ1n) is 4.89. The zero-order chi connectivity index (χ0) is 11.5. The highest BCUT2D eigenvalue weighted by Crippen LogP contribution is 2.11. The molecule has 0 amide bonds. The SMILES string of the molecule is CCc1cnc(C(N)CCS(C)(=O)=O)[nH]1. The summed E-state index contributed by atoms with van der Waals surface area (Å²) < 4.78 is 21.9. The largest absolute Gasteiger partial charge is 0.345 e. The van der Waals surface area contributed by atoms with E-state index in [1.165, 1.54) is 6.26 Å². The number of H-pyrrole nitrogens is 1. The van der Waals surface area contributed by atoms with Crippen LogP contribution in [0.15, 0.2) is 6.20 Å². The number of hydrogen-bond acceptors (Lipinski definition) is 4. The van der Waals surface area contributed by atoms with Gasteiger partial charge in [0.15, 0.2) is 0 Å². The number of sulfone groups is 1. The lowest BCUT2D eigenvalue weighted by molar-refractivity contribution is 0.587. The topological polar surface area (TPSA) is 88.8 Å². The van der Waals surface area contributed by atoms with Crippen LogP contribution in [-0.2, 0) is 16.3 Å². The molecular formula is C9H17N3O2S. The minimum absolute atomic E-state index is 0.0936. The fourth-order valence-corrected chi connectivity index (χ4v) is 1.90. The number of aromatic amines is 1. The molecule has 0 saturated carbocycles. The molecule has 0 fully saturated rings. The molecule has 0 bridgehead atoms. The molecule has 0 aromatic carbocycles. The number of nitrogens with two attached hydrogens (primary N) is 1. The van der Waals surface area contributed by atoms with Gasteiger partial charge in [-0.15, -0.1) is 0 Å². The van der Waals surface area contributed by atoms with Crippen LogP contribution in [0.3, 0.4) is 0 Å². The molecule has 1 rings (SSSR count). The molecule has 1 atom stereocenters. The molecule has 1 aromatic heterocycles. The van der Waals surface area contributed by atoms with Crippen molar-refractivity contribution < 1.29 is 8.42 Å². The number of imidazole rings is 1. The predicted octanol–water partition coefficient (Wildman–Crippen LogP) is 0.407. The Morgan fingerprint density at radius 2 is 2.27 bits per heavy atom. The molecule has 0 radical (unpaired) electrons. The maximum absolute atomic E-state index is 10.9. The Bertz CT molecular complexity index is 411. The lowest BCUT2D eigenvalue weighted by atomic mass is 10.2. The Labute approximate surface area is 90.0 Å². The molecule has 0 saturated heterocycles. The van der Waals surface area contributed by atoms with Gasteiger partial charge in [0.2, 0.25) is 0 Å². The van der Waals surface area contributed by atoms with Gasteiger partial charge < -0.3 is 10.7 Å². The van der Waals surface area contributed by atoms with E-state index in [1.54, 1.807) is 6.20 Å². The Morgan fingerprint density at radius 3 is 2.73 bits per heavy atom. The van der Waals surface area contributed by atoms with Gasteiger partial charge in [-0.1, -0.05) is 6.92 Å². The van der Waals surface area contributed by atoms with E-state index in [9.17, 15) is 8.42 Å². The van der Waals surface area contributed by atoms with Gasteiger partial charge in [0.1, 0.15) is 15.7 Å². The summed E-state index contributed by atoms with van der Waals surface area (Å²) >= 11 is 0. The van der Waals surface area contributed by atoms with Crippen LogP contribution in [0.25, 0.3) is 0 Å². The van der Waals surface area contributed by atoms with Crippen molar-refractivity contribution in [1.29, 1.82) is 0 Å². The van der Waals surface area contributed by atoms with Gasteiger partial charge in [-0.2, -0.15) is 0 Å². The quantitative estimate of drug-likeness (QED) is 0.768. The monoisotopic (exact) mass is 231 g/mol. The van der Waals surface area contributed by atoms with Crippen LogP contribution in [0.2, 0.25) is 0 Å². The zero-order valence-corrected chi connectivity index (χ0v) is 9.84. The fraction of sp³-hybridized carbons (Fsp3) is 0.667. The van der Waals surface area contributed by atoms with Crippen molar-refractivity contribution in [2.45, 2.75) is 25.8 Å². The lowest BCUT2D eigenvalue weighted by Gasteiger charge is -2.07. The third-order valence-corrected chi connectivity index (χ3v) is 3.16. The fourth-order valence-electron chi connectivity index (χ4n) is 1.22. The molecule has 15 heavy (non-hydrogen) atoms. The second-order valence-electron chi connectivity index (χ2n) is 3.67. The highest BCUT2D eigenvalue weighted by molar-refractivity contribution is 7.90.